The Morgan fingerprint density at radius 3 is 2.39 bits per heavy atom. The predicted molar refractivity (Wildman–Crippen MR) is 101 cm³/mol. The molecule has 1 aromatic carbocycles. The molecule has 0 bridgehead atoms. The standard InChI is InChI=1S/C19H24N4O5/c24-17(21-11-10-20-15-7-3-4-8-16(15)23(27)28)9-12-22-18(25)13-5-1-2-6-14(13)19(22)26/h3-4,7-8,13-14,20H,1-2,5-6,9-12H2,(H,21,24). The van der Waals surface area contributed by atoms with Crippen LogP contribution in [-0.2, 0) is 14.4 Å². The average molecular weight is 388 g/mol. The SMILES string of the molecule is O=C(CCN1C(=O)C2CCCCC2C1=O)NCCNc1ccccc1[N+](=O)[O-]. The summed E-state index contributed by atoms with van der Waals surface area (Å²) < 4.78 is 0. The fraction of sp³-hybridized carbons (Fsp3) is 0.526. The minimum Gasteiger partial charge on any atom is -0.378 e. The first-order chi connectivity index (χ1) is 13.5. The molecule has 1 aliphatic heterocycles. The lowest BCUT2D eigenvalue weighted by atomic mass is 9.81. The summed E-state index contributed by atoms with van der Waals surface area (Å²) in [5, 5.41) is 16.6. The summed E-state index contributed by atoms with van der Waals surface area (Å²) >= 11 is 0. The van der Waals surface area contributed by atoms with Gasteiger partial charge in [-0.15, -0.1) is 0 Å². The van der Waals surface area contributed by atoms with Crippen molar-refractivity contribution in [2.24, 2.45) is 11.8 Å². The first-order valence-electron chi connectivity index (χ1n) is 9.58. The van der Waals surface area contributed by atoms with Gasteiger partial charge in [-0.1, -0.05) is 25.0 Å². The number of nitro groups is 1. The second kappa shape index (κ2) is 8.81. The van der Waals surface area contributed by atoms with E-state index in [1.807, 2.05) is 0 Å². The number of carbonyl (C=O) groups is 3. The van der Waals surface area contributed by atoms with Crippen molar-refractivity contribution >= 4 is 29.1 Å². The van der Waals surface area contributed by atoms with Crippen molar-refractivity contribution in [3.05, 3.63) is 34.4 Å². The summed E-state index contributed by atoms with van der Waals surface area (Å²) in [6, 6.07) is 6.28. The molecule has 3 amide bonds. The number of hydrogen-bond donors (Lipinski definition) is 2. The number of imide groups is 1. The summed E-state index contributed by atoms with van der Waals surface area (Å²) in [5.41, 5.74) is 0.360. The molecule has 1 saturated carbocycles. The molecule has 9 heteroatoms. The van der Waals surface area contributed by atoms with Gasteiger partial charge in [0.15, 0.2) is 0 Å². The highest BCUT2D eigenvalue weighted by Gasteiger charge is 2.47. The molecule has 2 unspecified atom stereocenters. The van der Waals surface area contributed by atoms with Crippen LogP contribution in [0.2, 0.25) is 0 Å². The van der Waals surface area contributed by atoms with Crippen molar-refractivity contribution in [3.8, 4) is 0 Å². The molecule has 3 rings (SSSR count). The molecule has 2 aliphatic rings. The Morgan fingerprint density at radius 1 is 1.11 bits per heavy atom. The van der Waals surface area contributed by atoms with E-state index in [1.54, 1.807) is 18.2 Å². The molecule has 150 valence electrons. The molecule has 9 nitrogen and oxygen atoms in total. The van der Waals surface area contributed by atoms with E-state index in [0.717, 1.165) is 25.7 Å². The summed E-state index contributed by atoms with van der Waals surface area (Å²) in [6.45, 7) is 0.703. The van der Waals surface area contributed by atoms with Crippen molar-refractivity contribution in [3.63, 3.8) is 0 Å². The van der Waals surface area contributed by atoms with E-state index < -0.39 is 4.92 Å². The Bertz CT molecular complexity index is 757. The number of nitrogens with zero attached hydrogens (tertiary/aromatic N) is 2. The molecule has 0 spiro atoms. The summed E-state index contributed by atoms with van der Waals surface area (Å²) in [7, 11) is 0. The van der Waals surface area contributed by atoms with E-state index in [1.165, 1.54) is 11.0 Å². The fourth-order valence-corrected chi connectivity index (χ4v) is 3.93. The Kier molecular flexibility index (Phi) is 6.23. The molecule has 2 fully saturated rings. The van der Waals surface area contributed by atoms with E-state index >= 15 is 0 Å². The molecular formula is C19H24N4O5. The van der Waals surface area contributed by atoms with Crippen LogP contribution in [0.5, 0.6) is 0 Å². The largest absolute Gasteiger partial charge is 0.378 e. The molecule has 1 saturated heterocycles. The minimum atomic E-state index is -0.470. The van der Waals surface area contributed by atoms with Crippen molar-refractivity contribution in [1.82, 2.24) is 10.2 Å². The molecule has 0 radical (unpaired) electrons. The Hall–Kier alpha value is -2.97. The number of rotatable bonds is 8. The number of para-hydroxylation sites is 2. The van der Waals surface area contributed by atoms with Gasteiger partial charge in [0, 0.05) is 32.1 Å². The van der Waals surface area contributed by atoms with Crippen LogP contribution in [0.15, 0.2) is 24.3 Å². The number of nitro benzene ring substituents is 1. The van der Waals surface area contributed by atoms with Crippen LogP contribution in [0, 0.1) is 22.0 Å². The van der Waals surface area contributed by atoms with Crippen LogP contribution in [0.4, 0.5) is 11.4 Å². The highest BCUT2D eigenvalue weighted by molar-refractivity contribution is 6.05. The smallest absolute Gasteiger partial charge is 0.292 e. The van der Waals surface area contributed by atoms with Crippen molar-refractivity contribution in [1.29, 1.82) is 0 Å². The fourth-order valence-electron chi connectivity index (χ4n) is 3.93. The van der Waals surface area contributed by atoms with E-state index in [-0.39, 0.29) is 54.8 Å². The molecule has 2 N–H and O–H groups in total. The van der Waals surface area contributed by atoms with Gasteiger partial charge >= 0.3 is 0 Å². The second-order valence-corrected chi connectivity index (χ2v) is 7.13. The van der Waals surface area contributed by atoms with Gasteiger partial charge in [0.2, 0.25) is 17.7 Å². The second-order valence-electron chi connectivity index (χ2n) is 7.13. The number of anilines is 1. The molecule has 2 atom stereocenters. The van der Waals surface area contributed by atoms with Gasteiger partial charge in [0.25, 0.3) is 5.69 Å². The first-order valence-corrected chi connectivity index (χ1v) is 9.58. The summed E-state index contributed by atoms with van der Waals surface area (Å²) in [6.07, 6.45) is 3.52. The third-order valence-corrected chi connectivity index (χ3v) is 5.36. The first kappa shape index (κ1) is 19.8. The zero-order valence-electron chi connectivity index (χ0n) is 15.6. The van der Waals surface area contributed by atoms with Gasteiger partial charge in [0.05, 0.1) is 16.8 Å². The number of benzene rings is 1. The maximum atomic E-state index is 12.4. The van der Waals surface area contributed by atoms with Gasteiger partial charge in [-0.3, -0.25) is 29.4 Å². The Morgan fingerprint density at radius 2 is 1.75 bits per heavy atom. The molecule has 1 aromatic rings. The zero-order valence-corrected chi connectivity index (χ0v) is 15.6. The maximum absolute atomic E-state index is 12.4. The lowest BCUT2D eigenvalue weighted by Gasteiger charge is -2.19. The third kappa shape index (κ3) is 4.29. The Labute approximate surface area is 162 Å². The quantitative estimate of drug-likeness (QED) is 0.302. The zero-order chi connectivity index (χ0) is 20.1. The van der Waals surface area contributed by atoms with E-state index in [2.05, 4.69) is 10.6 Å². The van der Waals surface area contributed by atoms with E-state index in [0.29, 0.717) is 12.2 Å². The van der Waals surface area contributed by atoms with Gasteiger partial charge in [0.1, 0.15) is 5.69 Å². The number of likely N-dealkylation sites (tertiary alicyclic amines) is 1. The molecular weight excluding hydrogens is 364 g/mol. The number of carbonyl (C=O) groups excluding carboxylic acids is 3. The number of amides is 3. The van der Waals surface area contributed by atoms with Crippen molar-refractivity contribution in [2.75, 3.05) is 25.0 Å². The van der Waals surface area contributed by atoms with Crippen LogP contribution in [0.1, 0.15) is 32.1 Å². The van der Waals surface area contributed by atoms with E-state index in [4.69, 9.17) is 0 Å². The highest BCUT2D eigenvalue weighted by atomic mass is 16.6. The summed E-state index contributed by atoms with van der Waals surface area (Å²) in [4.78, 5) is 48.5. The van der Waals surface area contributed by atoms with Crippen molar-refractivity contribution in [2.45, 2.75) is 32.1 Å². The molecule has 1 aliphatic carbocycles. The summed E-state index contributed by atoms with van der Waals surface area (Å²) in [5.74, 6) is -0.939. The van der Waals surface area contributed by atoms with Gasteiger partial charge in [-0.2, -0.15) is 0 Å². The monoisotopic (exact) mass is 388 g/mol. The minimum absolute atomic E-state index is 0.0265. The third-order valence-electron chi connectivity index (χ3n) is 5.36. The lowest BCUT2D eigenvalue weighted by Crippen LogP contribution is -2.36. The van der Waals surface area contributed by atoms with Crippen LogP contribution < -0.4 is 10.6 Å². The molecule has 1 heterocycles. The van der Waals surface area contributed by atoms with Crippen LogP contribution in [-0.4, -0.2) is 47.2 Å². The number of fused-ring (bicyclic) bond motifs is 1. The number of nitrogens with one attached hydrogen (secondary N) is 2. The highest BCUT2D eigenvalue weighted by Crippen LogP contribution is 2.37. The maximum Gasteiger partial charge on any atom is 0.292 e. The lowest BCUT2D eigenvalue weighted by molar-refractivity contribution is -0.384. The van der Waals surface area contributed by atoms with Crippen LogP contribution >= 0.6 is 0 Å². The van der Waals surface area contributed by atoms with Gasteiger partial charge in [-0.05, 0) is 18.9 Å². The molecule has 0 aromatic heterocycles. The Balaban J connectivity index is 1.40. The van der Waals surface area contributed by atoms with Gasteiger partial charge in [-0.25, -0.2) is 0 Å². The van der Waals surface area contributed by atoms with Gasteiger partial charge < -0.3 is 10.6 Å². The topological polar surface area (TPSA) is 122 Å². The predicted octanol–water partition coefficient (Wildman–Crippen LogP) is 1.69. The van der Waals surface area contributed by atoms with Crippen LogP contribution in [0.3, 0.4) is 0 Å². The van der Waals surface area contributed by atoms with E-state index in [9.17, 15) is 24.5 Å². The average Bonchev–Trinajstić information content (AvgIpc) is 2.94. The number of hydrogen-bond acceptors (Lipinski definition) is 6. The normalized spacial score (nSPS) is 21.4. The van der Waals surface area contributed by atoms with Crippen LogP contribution in [0.25, 0.3) is 0 Å². The van der Waals surface area contributed by atoms with Crippen molar-refractivity contribution < 1.29 is 19.3 Å². The molecule has 28 heavy (non-hydrogen) atoms.